The molecule has 0 bridgehead atoms. The van der Waals surface area contributed by atoms with E-state index in [-0.39, 0.29) is 11.9 Å². The smallest absolute Gasteiger partial charge is 0.170 e. The number of amidine groups is 1. The zero-order valence-corrected chi connectivity index (χ0v) is 11.2. The molecule has 0 amide bonds. The van der Waals surface area contributed by atoms with Gasteiger partial charge in [-0.3, -0.25) is 0 Å². The van der Waals surface area contributed by atoms with Gasteiger partial charge in [0.15, 0.2) is 5.84 Å². The number of halogens is 1. The van der Waals surface area contributed by atoms with Crippen molar-refractivity contribution in [2.75, 3.05) is 13.7 Å². The molecule has 0 aliphatic rings. The predicted octanol–water partition coefficient (Wildman–Crippen LogP) is 1.43. The summed E-state index contributed by atoms with van der Waals surface area (Å²) in [6.07, 6.45) is 0.913. The molecule has 0 aliphatic heterocycles. The van der Waals surface area contributed by atoms with Crippen molar-refractivity contribution in [3.8, 4) is 0 Å². The first-order valence-corrected chi connectivity index (χ1v) is 6.10. The molecule has 0 fully saturated rings. The van der Waals surface area contributed by atoms with Gasteiger partial charge in [-0.2, -0.15) is 0 Å². The van der Waals surface area contributed by atoms with Gasteiger partial charge in [0.05, 0.1) is 6.61 Å². The van der Waals surface area contributed by atoms with Gasteiger partial charge in [-0.15, -0.1) is 0 Å². The molecule has 0 aromatic heterocycles. The average molecular weight is 269 g/mol. The normalized spacial score (nSPS) is 13.5. The van der Waals surface area contributed by atoms with Gasteiger partial charge in [0, 0.05) is 25.3 Å². The molecule has 6 heteroatoms. The van der Waals surface area contributed by atoms with E-state index in [2.05, 4.69) is 10.5 Å². The van der Waals surface area contributed by atoms with E-state index in [1.165, 1.54) is 12.1 Å². The van der Waals surface area contributed by atoms with Crippen LogP contribution in [-0.2, 0) is 11.3 Å². The maximum atomic E-state index is 13.4. The maximum absolute atomic E-state index is 13.4. The van der Waals surface area contributed by atoms with E-state index in [0.717, 1.165) is 12.0 Å². The van der Waals surface area contributed by atoms with Crippen LogP contribution in [0.3, 0.4) is 0 Å². The van der Waals surface area contributed by atoms with Gasteiger partial charge in [0.25, 0.3) is 0 Å². The fourth-order valence-corrected chi connectivity index (χ4v) is 1.74. The van der Waals surface area contributed by atoms with Crippen LogP contribution >= 0.6 is 0 Å². The Kier molecular flexibility index (Phi) is 6.24. The molecule has 5 nitrogen and oxygen atoms in total. The fourth-order valence-electron chi connectivity index (χ4n) is 1.74. The topological polar surface area (TPSA) is 79.9 Å². The molecule has 1 aromatic carbocycles. The Morgan fingerprint density at radius 3 is 2.84 bits per heavy atom. The lowest BCUT2D eigenvalue weighted by molar-refractivity contribution is 0.164. The Morgan fingerprint density at radius 1 is 1.53 bits per heavy atom. The summed E-state index contributed by atoms with van der Waals surface area (Å²) >= 11 is 0. The molecule has 0 heterocycles. The maximum Gasteiger partial charge on any atom is 0.170 e. The fraction of sp³-hybridized carbons (Fsp3) is 0.462. The summed E-state index contributed by atoms with van der Waals surface area (Å²) in [6.45, 7) is 3.13. The lowest BCUT2D eigenvalue weighted by atomic mass is 10.1. The van der Waals surface area contributed by atoms with Crippen molar-refractivity contribution in [3.05, 3.63) is 35.1 Å². The molecule has 19 heavy (non-hydrogen) atoms. The number of benzene rings is 1. The summed E-state index contributed by atoms with van der Waals surface area (Å²) in [6, 6.07) is 4.54. The van der Waals surface area contributed by atoms with Crippen molar-refractivity contribution in [1.82, 2.24) is 5.32 Å². The Balaban J connectivity index is 2.75. The number of oxime groups is 1. The number of ether oxygens (including phenoxy) is 1. The van der Waals surface area contributed by atoms with Gasteiger partial charge in [-0.05, 0) is 30.2 Å². The van der Waals surface area contributed by atoms with Gasteiger partial charge in [0.2, 0.25) is 0 Å². The summed E-state index contributed by atoms with van der Waals surface area (Å²) in [5, 5.41) is 14.7. The molecular weight excluding hydrogens is 249 g/mol. The third-order valence-electron chi connectivity index (χ3n) is 2.82. The molecule has 106 valence electrons. The van der Waals surface area contributed by atoms with E-state index in [4.69, 9.17) is 15.7 Å². The summed E-state index contributed by atoms with van der Waals surface area (Å²) in [5.74, 6) is -0.523. The highest BCUT2D eigenvalue weighted by molar-refractivity contribution is 5.97. The number of hydrogen-bond acceptors (Lipinski definition) is 4. The Hall–Kier alpha value is -1.66. The summed E-state index contributed by atoms with van der Waals surface area (Å²) in [7, 11) is 1.64. The van der Waals surface area contributed by atoms with Gasteiger partial charge in [-0.1, -0.05) is 12.1 Å². The second kappa shape index (κ2) is 7.70. The first-order chi connectivity index (χ1) is 9.10. The van der Waals surface area contributed by atoms with Crippen molar-refractivity contribution in [2.45, 2.75) is 25.9 Å². The molecule has 0 saturated heterocycles. The highest BCUT2D eigenvalue weighted by Gasteiger charge is 2.08. The van der Waals surface area contributed by atoms with Crippen LogP contribution in [0.4, 0.5) is 4.39 Å². The van der Waals surface area contributed by atoms with Gasteiger partial charge < -0.3 is 21.0 Å². The Labute approximate surface area is 112 Å². The lowest BCUT2D eigenvalue weighted by Crippen LogP contribution is -2.32. The van der Waals surface area contributed by atoms with Crippen LogP contribution in [0.1, 0.15) is 24.5 Å². The van der Waals surface area contributed by atoms with E-state index >= 15 is 0 Å². The van der Waals surface area contributed by atoms with Gasteiger partial charge >= 0.3 is 0 Å². The third-order valence-corrected chi connectivity index (χ3v) is 2.82. The number of nitrogens with zero attached hydrogens (tertiary/aromatic N) is 1. The molecule has 1 aromatic rings. The monoisotopic (exact) mass is 269 g/mol. The van der Waals surface area contributed by atoms with E-state index in [1.54, 1.807) is 13.2 Å². The number of rotatable bonds is 7. The quantitative estimate of drug-likeness (QED) is 0.303. The van der Waals surface area contributed by atoms with Crippen molar-refractivity contribution in [3.63, 3.8) is 0 Å². The number of nitrogens with one attached hydrogen (secondary N) is 1. The second-order valence-corrected chi connectivity index (χ2v) is 4.27. The van der Waals surface area contributed by atoms with Gasteiger partial charge in [0.1, 0.15) is 5.82 Å². The van der Waals surface area contributed by atoms with E-state index < -0.39 is 5.82 Å². The minimum atomic E-state index is -0.416. The molecule has 0 saturated carbocycles. The van der Waals surface area contributed by atoms with Crippen LogP contribution in [0.5, 0.6) is 0 Å². The van der Waals surface area contributed by atoms with Crippen LogP contribution in [0, 0.1) is 5.82 Å². The minimum Gasteiger partial charge on any atom is -0.409 e. The number of methoxy groups -OCH3 is 1. The molecule has 0 spiro atoms. The van der Waals surface area contributed by atoms with Crippen molar-refractivity contribution < 1.29 is 14.3 Å². The first-order valence-electron chi connectivity index (χ1n) is 6.10. The number of hydrogen-bond donors (Lipinski definition) is 3. The molecular formula is C13H20FN3O2. The summed E-state index contributed by atoms with van der Waals surface area (Å²) in [5.41, 5.74) is 6.55. The van der Waals surface area contributed by atoms with Crippen LogP contribution < -0.4 is 11.1 Å². The summed E-state index contributed by atoms with van der Waals surface area (Å²) in [4.78, 5) is 0. The Morgan fingerprint density at radius 2 is 2.26 bits per heavy atom. The van der Waals surface area contributed by atoms with Crippen molar-refractivity contribution in [2.24, 2.45) is 10.9 Å². The van der Waals surface area contributed by atoms with E-state index in [1.807, 2.05) is 6.92 Å². The van der Waals surface area contributed by atoms with Crippen LogP contribution in [0.25, 0.3) is 0 Å². The minimum absolute atomic E-state index is 0.107. The zero-order valence-electron chi connectivity index (χ0n) is 11.2. The molecule has 1 unspecified atom stereocenters. The lowest BCUT2D eigenvalue weighted by Gasteiger charge is -2.16. The van der Waals surface area contributed by atoms with E-state index in [0.29, 0.717) is 18.7 Å². The van der Waals surface area contributed by atoms with Crippen molar-refractivity contribution in [1.29, 1.82) is 0 Å². The second-order valence-electron chi connectivity index (χ2n) is 4.27. The van der Waals surface area contributed by atoms with Crippen LogP contribution in [0.2, 0.25) is 0 Å². The standard InChI is InChI=1S/C13H20FN3O2/c1-3-12(8-19-2)16-7-9-4-10(13(15)17-18)6-11(14)5-9/h4-6,12,16,18H,3,7-8H2,1-2H3,(H2,15,17). The zero-order chi connectivity index (χ0) is 14.3. The average Bonchev–Trinajstić information content (AvgIpc) is 2.41. The van der Waals surface area contributed by atoms with Gasteiger partial charge in [-0.25, -0.2) is 4.39 Å². The predicted molar refractivity (Wildman–Crippen MR) is 71.7 cm³/mol. The first kappa shape index (κ1) is 15.4. The molecule has 0 radical (unpaired) electrons. The molecule has 0 aliphatic carbocycles. The Bertz CT molecular complexity index is 438. The third kappa shape index (κ3) is 4.84. The largest absolute Gasteiger partial charge is 0.409 e. The molecule has 1 rings (SSSR count). The van der Waals surface area contributed by atoms with E-state index in [9.17, 15) is 4.39 Å². The molecule has 4 N–H and O–H groups in total. The highest BCUT2D eigenvalue weighted by Crippen LogP contribution is 2.10. The highest BCUT2D eigenvalue weighted by atomic mass is 19.1. The number of nitrogens with two attached hydrogens (primary N) is 1. The molecule has 1 atom stereocenters. The summed E-state index contributed by atoms with van der Waals surface area (Å²) < 4.78 is 18.5. The SMILES string of the molecule is CCC(COC)NCc1cc(F)cc(/C(N)=N/O)c1. The van der Waals surface area contributed by atoms with Crippen molar-refractivity contribution >= 4 is 5.84 Å². The van der Waals surface area contributed by atoms with Crippen LogP contribution in [0.15, 0.2) is 23.4 Å². The van der Waals surface area contributed by atoms with Crippen LogP contribution in [-0.4, -0.2) is 30.8 Å².